The largest absolute Gasteiger partial charge is 0.490 e. The summed E-state index contributed by atoms with van der Waals surface area (Å²) in [6.07, 6.45) is 3.36. The lowest BCUT2D eigenvalue weighted by molar-refractivity contribution is 0.00853. The average molecular weight is 450 g/mol. The van der Waals surface area contributed by atoms with Gasteiger partial charge in [0.2, 0.25) is 0 Å². The molecule has 0 N–H and O–H groups in total. The zero-order chi connectivity index (χ0) is 23.2. The molecule has 2 saturated heterocycles. The Kier molecular flexibility index (Phi) is 7.65. The van der Waals surface area contributed by atoms with Crippen LogP contribution in [0.5, 0.6) is 5.75 Å². The fourth-order valence-electron chi connectivity index (χ4n) is 4.63. The number of ether oxygens (including phenoxy) is 1. The van der Waals surface area contributed by atoms with Crippen LogP contribution < -0.4 is 4.74 Å². The van der Waals surface area contributed by atoms with E-state index in [0.717, 1.165) is 69.8 Å². The van der Waals surface area contributed by atoms with Crippen molar-refractivity contribution in [1.82, 2.24) is 14.7 Å². The molecule has 4 rings (SSSR count). The molecule has 2 aliphatic rings. The molecule has 33 heavy (non-hydrogen) atoms. The van der Waals surface area contributed by atoms with Gasteiger partial charge in [-0.05, 0) is 49.2 Å². The molecule has 2 aromatic rings. The SMILES string of the molecule is CCC[C@@H](CC)Oc1ccc(C(=O)N2CC(N3CCN(C(=O)c4ccccc4)CC3)C2)cc1. The number of amides is 2. The maximum absolute atomic E-state index is 12.9. The highest BCUT2D eigenvalue weighted by atomic mass is 16.5. The molecule has 176 valence electrons. The van der Waals surface area contributed by atoms with Crippen LogP contribution >= 0.6 is 0 Å². The molecule has 2 heterocycles. The minimum absolute atomic E-state index is 0.0799. The Balaban J connectivity index is 1.22. The summed E-state index contributed by atoms with van der Waals surface area (Å²) < 4.78 is 6.03. The molecule has 2 amide bonds. The van der Waals surface area contributed by atoms with Crippen molar-refractivity contribution in [2.75, 3.05) is 39.3 Å². The van der Waals surface area contributed by atoms with E-state index in [0.29, 0.717) is 11.6 Å². The molecule has 2 fully saturated rings. The van der Waals surface area contributed by atoms with E-state index >= 15 is 0 Å². The van der Waals surface area contributed by atoms with Crippen LogP contribution in [-0.4, -0.2) is 77.9 Å². The first-order valence-electron chi connectivity index (χ1n) is 12.2. The van der Waals surface area contributed by atoms with Crippen molar-refractivity contribution < 1.29 is 14.3 Å². The molecule has 6 nitrogen and oxygen atoms in total. The average Bonchev–Trinajstić information content (AvgIpc) is 2.83. The van der Waals surface area contributed by atoms with E-state index in [1.165, 1.54) is 0 Å². The van der Waals surface area contributed by atoms with Gasteiger partial charge in [-0.1, -0.05) is 38.5 Å². The van der Waals surface area contributed by atoms with E-state index in [4.69, 9.17) is 4.74 Å². The second-order valence-corrected chi connectivity index (χ2v) is 9.02. The van der Waals surface area contributed by atoms with Crippen molar-refractivity contribution in [1.29, 1.82) is 0 Å². The number of nitrogens with zero attached hydrogens (tertiary/aromatic N) is 3. The molecular weight excluding hydrogens is 414 g/mol. The monoisotopic (exact) mass is 449 g/mol. The van der Waals surface area contributed by atoms with Crippen molar-refractivity contribution in [3.05, 3.63) is 65.7 Å². The number of benzene rings is 2. The molecule has 0 unspecified atom stereocenters. The van der Waals surface area contributed by atoms with Crippen molar-refractivity contribution in [3.63, 3.8) is 0 Å². The highest BCUT2D eigenvalue weighted by Crippen LogP contribution is 2.22. The number of carbonyl (C=O) groups is 2. The minimum atomic E-state index is 0.0799. The molecule has 0 spiro atoms. The Morgan fingerprint density at radius 2 is 1.45 bits per heavy atom. The van der Waals surface area contributed by atoms with Gasteiger partial charge in [-0.15, -0.1) is 0 Å². The van der Waals surface area contributed by atoms with Crippen molar-refractivity contribution in [2.45, 2.75) is 45.3 Å². The van der Waals surface area contributed by atoms with Gasteiger partial charge < -0.3 is 14.5 Å². The lowest BCUT2D eigenvalue weighted by atomic mass is 10.0. The van der Waals surface area contributed by atoms with E-state index in [1.807, 2.05) is 64.4 Å². The predicted molar refractivity (Wildman–Crippen MR) is 130 cm³/mol. The van der Waals surface area contributed by atoms with Gasteiger partial charge in [0, 0.05) is 56.4 Å². The van der Waals surface area contributed by atoms with Crippen LogP contribution in [0.4, 0.5) is 0 Å². The normalized spacial score (nSPS) is 18.0. The van der Waals surface area contributed by atoms with Crippen molar-refractivity contribution in [2.24, 2.45) is 0 Å². The van der Waals surface area contributed by atoms with E-state index in [2.05, 4.69) is 18.7 Å². The van der Waals surface area contributed by atoms with Gasteiger partial charge in [-0.25, -0.2) is 0 Å². The maximum atomic E-state index is 12.9. The van der Waals surface area contributed by atoms with Crippen LogP contribution in [0, 0.1) is 0 Å². The number of hydrogen-bond acceptors (Lipinski definition) is 4. The van der Waals surface area contributed by atoms with Gasteiger partial charge >= 0.3 is 0 Å². The highest BCUT2D eigenvalue weighted by Gasteiger charge is 2.37. The summed E-state index contributed by atoms with van der Waals surface area (Å²) in [7, 11) is 0. The first-order chi connectivity index (χ1) is 16.1. The lowest BCUT2D eigenvalue weighted by Gasteiger charge is -2.48. The quantitative estimate of drug-likeness (QED) is 0.613. The summed E-state index contributed by atoms with van der Waals surface area (Å²) in [6, 6.07) is 17.4. The summed E-state index contributed by atoms with van der Waals surface area (Å²) in [5, 5.41) is 0. The molecule has 2 aliphatic heterocycles. The first kappa shape index (κ1) is 23.3. The maximum Gasteiger partial charge on any atom is 0.253 e. The molecule has 1 atom stereocenters. The Bertz CT molecular complexity index is 917. The van der Waals surface area contributed by atoms with E-state index < -0.39 is 0 Å². The predicted octanol–water partition coefficient (Wildman–Crippen LogP) is 3.93. The van der Waals surface area contributed by atoms with Gasteiger partial charge in [0.25, 0.3) is 11.8 Å². The van der Waals surface area contributed by atoms with Crippen molar-refractivity contribution >= 4 is 11.8 Å². The Labute approximate surface area is 197 Å². The molecule has 0 saturated carbocycles. The van der Waals surface area contributed by atoms with E-state index in [1.54, 1.807) is 0 Å². The Morgan fingerprint density at radius 1 is 0.848 bits per heavy atom. The van der Waals surface area contributed by atoms with Gasteiger partial charge in [0.1, 0.15) is 5.75 Å². The van der Waals surface area contributed by atoms with Gasteiger partial charge in [0.15, 0.2) is 0 Å². The summed E-state index contributed by atoms with van der Waals surface area (Å²) >= 11 is 0. The second kappa shape index (κ2) is 10.8. The molecule has 0 aromatic heterocycles. The Morgan fingerprint density at radius 3 is 2.06 bits per heavy atom. The fourth-order valence-corrected chi connectivity index (χ4v) is 4.63. The van der Waals surface area contributed by atoms with Gasteiger partial charge in [-0.2, -0.15) is 0 Å². The summed E-state index contributed by atoms with van der Waals surface area (Å²) in [5.41, 5.74) is 1.46. The smallest absolute Gasteiger partial charge is 0.253 e. The second-order valence-electron chi connectivity index (χ2n) is 9.02. The van der Waals surface area contributed by atoms with Crippen LogP contribution in [0.3, 0.4) is 0 Å². The fraction of sp³-hybridized carbons (Fsp3) is 0.481. The summed E-state index contributed by atoms with van der Waals surface area (Å²) in [4.78, 5) is 31.7. The minimum Gasteiger partial charge on any atom is -0.490 e. The van der Waals surface area contributed by atoms with Crippen LogP contribution in [-0.2, 0) is 0 Å². The Hall–Kier alpha value is -2.86. The third-order valence-electron chi connectivity index (χ3n) is 6.76. The van der Waals surface area contributed by atoms with Crippen LogP contribution in [0.1, 0.15) is 53.8 Å². The third-order valence-corrected chi connectivity index (χ3v) is 6.76. The number of likely N-dealkylation sites (tertiary alicyclic amines) is 1. The number of rotatable bonds is 8. The van der Waals surface area contributed by atoms with Crippen molar-refractivity contribution in [3.8, 4) is 5.75 Å². The number of piperazine rings is 1. The standard InChI is InChI=1S/C27H35N3O3/c1-3-8-24(4-2)33-25-13-11-22(12-14-25)27(32)30-19-23(20-30)28-15-17-29(18-16-28)26(31)21-9-6-5-7-10-21/h5-7,9-14,23-24H,3-4,8,15-20H2,1-2H3/t24-/m1/s1. The zero-order valence-electron chi connectivity index (χ0n) is 19.8. The molecule has 0 aliphatic carbocycles. The third kappa shape index (κ3) is 5.56. The topological polar surface area (TPSA) is 53.1 Å². The molecule has 2 aromatic carbocycles. The highest BCUT2D eigenvalue weighted by molar-refractivity contribution is 5.95. The lowest BCUT2D eigenvalue weighted by Crippen LogP contribution is -2.64. The van der Waals surface area contributed by atoms with E-state index in [-0.39, 0.29) is 17.9 Å². The summed E-state index contributed by atoms with van der Waals surface area (Å²) in [6.45, 7) is 8.97. The van der Waals surface area contributed by atoms with Gasteiger partial charge in [0.05, 0.1) is 6.10 Å². The molecule has 0 radical (unpaired) electrons. The van der Waals surface area contributed by atoms with Crippen LogP contribution in [0.25, 0.3) is 0 Å². The number of carbonyl (C=O) groups excluding carboxylic acids is 2. The molecule has 0 bridgehead atoms. The van der Waals surface area contributed by atoms with E-state index in [9.17, 15) is 9.59 Å². The summed E-state index contributed by atoms with van der Waals surface area (Å²) in [5.74, 6) is 1.01. The molecule has 6 heteroatoms. The molecular formula is C27H35N3O3. The zero-order valence-corrected chi connectivity index (χ0v) is 19.8. The van der Waals surface area contributed by atoms with Crippen LogP contribution in [0.2, 0.25) is 0 Å². The first-order valence-corrected chi connectivity index (χ1v) is 12.2. The van der Waals surface area contributed by atoms with Crippen LogP contribution in [0.15, 0.2) is 54.6 Å². The number of hydrogen-bond donors (Lipinski definition) is 0. The van der Waals surface area contributed by atoms with Gasteiger partial charge in [-0.3, -0.25) is 14.5 Å².